The van der Waals surface area contributed by atoms with Gasteiger partial charge in [0.1, 0.15) is 5.82 Å². The quantitative estimate of drug-likeness (QED) is 0.880. The van der Waals surface area contributed by atoms with Gasteiger partial charge in [-0.2, -0.15) is 0 Å². The SMILES string of the molecule is CC1(C)CN(Cc2cncc(F)c2)CC(CO)O1. The molecule has 0 spiro atoms. The molecule has 2 heterocycles. The van der Waals surface area contributed by atoms with Gasteiger partial charge >= 0.3 is 0 Å². The summed E-state index contributed by atoms with van der Waals surface area (Å²) in [6.07, 6.45) is 2.68. The van der Waals surface area contributed by atoms with Crippen LogP contribution in [0.25, 0.3) is 0 Å². The lowest BCUT2D eigenvalue weighted by atomic mass is 10.0. The molecule has 1 saturated heterocycles. The number of hydrogen-bond acceptors (Lipinski definition) is 4. The van der Waals surface area contributed by atoms with E-state index in [2.05, 4.69) is 9.88 Å². The zero-order valence-corrected chi connectivity index (χ0v) is 10.8. The van der Waals surface area contributed by atoms with Crippen molar-refractivity contribution in [3.63, 3.8) is 0 Å². The van der Waals surface area contributed by atoms with Crippen LogP contribution in [-0.2, 0) is 11.3 Å². The first-order valence-electron chi connectivity index (χ1n) is 6.09. The van der Waals surface area contributed by atoms with Crippen LogP contribution in [0.5, 0.6) is 0 Å². The number of rotatable bonds is 3. The maximum atomic E-state index is 13.1. The maximum Gasteiger partial charge on any atom is 0.141 e. The first-order valence-corrected chi connectivity index (χ1v) is 6.09. The van der Waals surface area contributed by atoms with E-state index in [9.17, 15) is 9.50 Å². The van der Waals surface area contributed by atoms with E-state index >= 15 is 0 Å². The molecule has 5 heteroatoms. The van der Waals surface area contributed by atoms with E-state index in [0.29, 0.717) is 13.1 Å². The van der Waals surface area contributed by atoms with Crippen LogP contribution >= 0.6 is 0 Å². The van der Waals surface area contributed by atoms with Gasteiger partial charge in [0.15, 0.2) is 0 Å². The molecule has 100 valence electrons. The molecule has 1 aromatic heterocycles. The Hall–Kier alpha value is -1.04. The lowest BCUT2D eigenvalue weighted by Crippen LogP contribution is -2.53. The van der Waals surface area contributed by atoms with Crippen molar-refractivity contribution in [2.24, 2.45) is 0 Å². The Bertz CT molecular complexity index is 412. The zero-order valence-electron chi connectivity index (χ0n) is 10.8. The minimum absolute atomic E-state index is 0.00132. The van der Waals surface area contributed by atoms with Gasteiger partial charge < -0.3 is 9.84 Å². The van der Waals surface area contributed by atoms with E-state index in [-0.39, 0.29) is 24.1 Å². The molecular weight excluding hydrogens is 235 g/mol. The highest BCUT2D eigenvalue weighted by atomic mass is 19.1. The number of pyridine rings is 1. The summed E-state index contributed by atoms with van der Waals surface area (Å²) >= 11 is 0. The third-order valence-electron chi connectivity index (χ3n) is 2.92. The van der Waals surface area contributed by atoms with E-state index in [0.717, 1.165) is 12.1 Å². The van der Waals surface area contributed by atoms with Crippen LogP contribution in [0.4, 0.5) is 4.39 Å². The van der Waals surface area contributed by atoms with Crippen LogP contribution < -0.4 is 0 Å². The van der Waals surface area contributed by atoms with Gasteiger partial charge in [0, 0.05) is 25.8 Å². The average Bonchev–Trinajstić information content (AvgIpc) is 2.26. The Kier molecular flexibility index (Phi) is 3.94. The van der Waals surface area contributed by atoms with Gasteiger partial charge in [-0.3, -0.25) is 9.88 Å². The van der Waals surface area contributed by atoms with Gasteiger partial charge in [-0.1, -0.05) is 0 Å². The minimum atomic E-state index is -0.321. The number of aliphatic hydroxyl groups excluding tert-OH is 1. The number of halogens is 1. The second kappa shape index (κ2) is 5.30. The van der Waals surface area contributed by atoms with Gasteiger partial charge in [0.25, 0.3) is 0 Å². The molecule has 1 atom stereocenters. The molecule has 1 unspecified atom stereocenters. The Balaban J connectivity index is 2.04. The third kappa shape index (κ3) is 3.48. The fourth-order valence-electron chi connectivity index (χ4n) is 2.43. The smallest absolute Gasteiger partial charge is 0.141 e. The van der Waals surface area contributed by atoms with Crippen LogP contribution in [0, 0.1) is 5.82 Å². The molecule has 0 amide bonds. The topological polar surface area (TPSA) is 45.6 Å². The molecule has 0 saturated carbocycles. The summed E-state index contributed by atoms with van der Waals surface area (Å²) < 4.78 is 18.8. The fraction of sp³-hybridized carbons (Fsp3) is 0.615. The van der Waals surface area contributed by atoms with Gasteiger partial charge in [0.2, 0.25) is 0 Å². The minimum Gasteiger partial charge on any atom is -0.394 e. The molecular formula is C13H19FN2O2. The van der Waals surface area contributed by atoms with Crippen LogP contribution in [0.1, 0.15) is 19.4 Å². The van der Waals surface area contributed by atoms with Crippen molar-refractivity contribution < 1.29 is 14.2 Å². The molecule has 1 N–H and O–H groups in total. The van der Waals surface area contributed by atoms with Crippen molar-refractivity contribution >= 4 is 0 Å². The van der Waals surface area contributed by atoms with Crippen LogP contribution in [0.3, 0.4) is 0 Å². The maximum absolute atomic E-state index is 13.1. The highest BCUT2D eigenvalue weighted by Crippen LogP contribution is 2.22. The lowest BCUT2D eigenvalue weighted by Gasteiger charge is -2.42. The first-order chi connectivity index (χ1) is 8.48. The summed E-state index contributed by atoms with van der Waals surface area (Å²) in [5.41, 5.74) is 0.538. The van der Waals surface area contributed by atoms with Crippen molar-refractivity contribution in [3.05, 3.63) is 29.8 Å². The molecule has 1 aliphatic heterocycles. The van der Waals surface area contributed by atoms with Gasteiger partial charge in [-0.25, -0.2) is 4.39 Å². The molecule has 1 fully saturated rings. The van der Waals surface area contributed by atoms with Crippen LogP contribution in [-0.4, -0.2) is 46.4 Å². The van der Waals surface area contributed by atoms with Crippen molar-refractivity contribution in [1.82, 2.24) is 9.88 Å². The molecule has 4 nitrogen and oxygen atoms in total. The summed E-state index contributed by atoms with van der Waals surface area (Å²) in [5, 5.41) is 9.23. The molecule has 0 bridgehead atoms. The summed E-state index contributed by atoms with van der Waals surface area (Å²) in [6.45, 7) is 6.00. The van der Waals surface area contributed by atoms with Crippen LogP contribution in [0.15, 0.2) is 18.5 Å². The van der Waals surface area contributed by atoms with Crippen molar-refractivity contribution in [2.75, 3.05) is 19.7 Å². The van der Waals surface area contributed by atoms with Crippen molar-refractivity contribution in [1.29, 1.82) is 0 Å². The lowest BCUT2D eigenvalue weighted by molar-refractivity contribution is -0.150. The standard InChI is InChI=1S/C13H19FN2O2/c1-13(2)9-16(7-12(8-17)18-13)6-10-3-11(14)5-15-4-10/h3-5,12,17H,6-9H2,1-2H3. The van der Waals surface area contributed by atoms with E-state index < -0.39 is 0 Å². The fourth-order valence-corrected chi connectivity index (χ4v) is 2.43. The normalized spacial score (nSPS) is 24.1. The van der Waals surface area contributed by atoms with Crippen molar-refractivity contribution in [2.45, 2.75) is 32.1 Å². The third-order valence-corrected chi connectivity index (χ3v) is 2.92. The predicted molar refractivity (Wildman–Crippen MR) is 65.5 cm³/mol. The van der Waals surface area contributed by atoms with E-state index in [1.165, 1.54) is 12.3 Å². The molecule has 1 aliphatic rings. The summed E-state index contributed by atoms with van der Waals surface area (Å²) in [7, 11) is 0. The molecule has 0 aromatic carbocycles. The summed E-state index contributed by atoms with van der Waals surface area (Å²) in [5.74, 6) is -0.321. The Labute approximate surface area is 106 Å². The molecule has 0 aliphatic carbocycles. The predicted octanol–water partition coefficient (Wildman–Crippen LogP) is 1.19. The Morgan fingerprint density at radius 1 is 1.56 bits per heavy atom. The molecule has 18 heavy (non-hydrogen) atoms. The Morgan fingerprint density at radius 2 is 2.33 bits per heavy atom. The second-order valence-electron chi connectivity index (χ2n) is 5.36. The number of aromatic nitrogens is 1. The number of nitrogens with zero attached hydrogens (tertiary/aromatic N) is 2. The average molecular weight is 254 g/mol. The van der Waals surface area contributed by atoms with E-state index in [1.54, 1.807) is 6.20 Å². The Morgan fingerprint density at radius 3 is 3.00 bits per heavy atom. The van der Waals surface area contributed by atoms with Crippen LogP contribution in [0.2, 0.25) is 0 Å². The van der Waals surface area contributed by atoms with Crippen molar-refractivity contribution in [3.8, 4) is 0 Å². The van der Waals surface area contributed by atoms with Gasteiger partial charge in [-0.15, -0.1) is 0 Å². The monoisotopic (exact) mass is 254 g/mol. The number of ether oxygens (including phenoxy) is 1. The number of aliphatic hydroxyl groups is 1. The van der Waals surface area contributed by atoms with Gasteiger partial charge in [0.05, 0.1) is 24.5 Å². The highest BCUT2D eigenvalue weighted by molar-refractivity contribution is 5.10. The second-order valence-corrected chi connectivity index (χ2v) is 5.36. The molecule has 0 radical (unpaired) electrons. The summed E-state index contributed by atoms with van der Waals surface area (Å²) in [6, 6.07) is 1.49. The first kappa shape index (κ1) is 13.4. The van der Waals surface area contributed by atoms with Gasteiger partial charge in [-0.05, 0) is 25.5 Å². The molecule has 1 aromatic rings. The molecule has 2 rings (SSSR count). The zero-order chi connectivity index (χ0) is 13.2. The number of morpholine rings is 1. The largest absolute Gasteiger partial charge is 0.394 e. The number of hydrogen-bond donors (Lipinski definition) is 1. The summed E-state index contributed by atoms with van der Waals surface area (Å²) in [4.78, 5) is 6.00. The van der Waals surface area contributed by atoms with E-state index in [4.69, 9.17) is 4.74 Å². The highest BCUT2D eigenvalue weighted by Gasteiger charge is 2.32. The van der Waals surface area contributed by atoms with E-state index in [1.807, 2.05) is 13.8 Å².